The zero-order valence-corrected chi connectivity index (χ0v) is 9.29. The highest BCUT2D eigenvalue weighted by molar-refractivity contribution is 6.02. The summed E-state index contributed by atoms with van der Waals surface area (Å²) in [5.41, 5.74) is 2.64. The smallest absolute Gasteiger partial charge is 0.231 e. The van der Waals surface area contributed by atoms with Gasteiger partial charge in [0.15, 0.2) is 0 Å². The number of benzene rings is 1. The summed E-state index contributed by atoms with van der Waals surface area (Å²) in [6.45, 7) is 1.91. The van der Waals surface area contributed by atoms with Crippen molar-refractivity contribution >= 4 is 11.6 Å². The normalized spacial score (nSPS) is 25.1. The molecule has 1 aliphatic heterocycles. The van der Waals surface area contributed by atoms with Gasteiger partial charge in [-0.15, -0.1) is 0 Å². The van der Waals surface area contributed by atoms with E-state index in [2.05, 4.69) is 5.32 Å². The zero-order valence-electron chi connectivity index (χ0n) is 9.29. The van der Waals surface area contributed by atoms with Gasteiger partial charge in [0.1, 0.15) is 0 Å². The lowest BCUT2D eigenvalue weighted by atomic mass is 9.97. The minimum atomic E-state index is -0.465. The summed E-state index contributed by atoms with van der Waals surface area (Å²) in [4.78, 5) is 11.5. The van der Waals surface area contributed by atoms with Crippen LogP contribution in [0.3, 0.4) is 0 Å². The third-order valence-electron chi connectivity index (χ3n) is 3.59. The monoisotopic (exact) mass is 217 g/mol. The predicted octanol–water partition coefficient (Wildman–Crippen LogP) is 1.81. The van der Waals surface area contributed by atoms with Crippen LogP contribution in [0.4, 0.5) is 5.69 Å². The van der Waals surface area contributed by atoms with Gasteiger partial charge in [0.25, 0.3) is 0 Å². The van der Waals surface area contributed by atoms with Gasteiger partial charge >= 0.3 is 0 Å². The first-order chi connectivity index (χ1) is 7.57. The van der Waals surface area contributed by atoms with Crippen LogP contribution in [0.15, 0.2) is 18.2 Å². The van der Waals surface area contributed by atoms with Gasteiger partial charge in [-0.25, -0.2) is 0 Å². The van der Waals surface area contributed by atoms with Gasteiger partial charge in [-0.3, -0.25) is 4.79 Å². The molecule has 3 nitrogen and oxygen atoms in total. The number of rotatable bonds is 2. The van der Waals surface area contributed by atoms with Crippen molar-refractivity contribution in [1.29, 1.82) is 0 Å². The van der Waals surface area contributed by atoms with E-state index in [-0.39, 0.29) is 11.8 Å². The third kappa shape index (κ3) is 1.52. The summed E-state index contributed by atoms with van der Waals surface area (Å²) >= 11 is 0. The molecule has 1 unspecified atom stereocenters. The van der Waals surface area contributed by atoms with Crippen LogP contribution in [0.2, 0.25) is 0 Å². The fourth-order valence-electron chi connectivity index (χ4n) is 2.28. The van der Waals surface area contributed by atoms with E-state index in [0.29, 0.717) is 6.42 Å². The van der Waals surface area contributed by atoms with E-state index in [0.717, 1.165) is 29.7 Å². The van der Waals surface area contributed by atoms with E-state index < -0.39 is 5.60 Å². The molecule has 1 atom stereocenters. The Bertz CT molecular complexity index is 463. The van der Waals surface area contributed by atoms with Gasteiger partial charge < -0.3 is 10.4 Å². The van der Waals surface area contributed by atoms with Crippen LogP contribution in [0, 0.1) is 0 Å². The topological polar surface area (TPSA) is 49.3 Å². The molecule has 2 aliphatic rings. The van der Waals surface area contributed by atoms with Crippen molar-refractivity contribution in [2.45, 2.75) is 37.7 Å². The molecular weight excluding hydrogens is 202 g/mol. The summed E-state index contributed by atoms with van der Waals surface area (Å²) < 4.78 is 0. The molecular formula is C13H15NO2. The maximum absolute atomic E-state index is 11.5. The summed E-state index contributed by atoms with van der Waals surface area (Å²) in [6, 6.07) is 5.99. The van der Waals surface area contributed by atoms with Crippen LogP contribution in [0.5, 0.6) is 0 Å². The van der Waals surface area contributed by atoms with Crippen molar-refractivity contribution in [3.8, 4) is 0 Å². The fourth-order valence-corrected chi connectivity index (χ4v) is 2.28. The summed E-state index contributed by atoms with van der Waals surface area (Å²) in [5.74, 6) is 0.001000. The van der Waals surface area contributed by atoms with Crippen molar-refractivity contribution in [3.63, 3.8) is 0 Å². The molecule has 3 rings (SSSR count). The lowest BCUT2D eigenvalue weighted by Gasteiger charge is -2.09. The van der Waals surface area contributed by atoms with E-state index >= 15 is 0 Å². The molecule has 84 valence electrons. The van der Waals surface area contributed by atoms with E-state index in [9.17, 15) is 9.90 Å². The molecule has 1 fully saturated rings. The largest absolute Gasteiger partial charge is 0.390 e. The highest BCUT2D eigenvalue weighted by Crippen LogP contribution is 2.40. The SMILES string of the molecule is CC1C(=O)Nc2ccc(CC3(O)CC3)cc21. The highest BCUT2D eigenvalue weighted by Gasteiger charge is 2.40. The Morgan fingerprint density at radius 2 is 2.25 bits per heavy atom. The number of anilines is 1. The highest BCUT2D eigenvalue weighted by atomic mass is 16.3. The second kappa shape index (κ2) is 3.08. The summed E-state index contributed by atoms with van der Waals surface area (Å²) in [7, 11) is 0. The molecule has 0 bridgehead atoms. The van der Waals surface area contributed by atoms with Crippen LogP contribution in [0.25, 0.3) is 0 Å². The molecule has 0 spiro atoms. The van der Waals surface area contributed by atoms with Crippen LogP contribution >= 0.6 is 0 Å². The Balaban J connectivity index is 1.91. The number of hydrogen-bond donors (Lipinski definition) is 2. The molecule has 1 aliphatic carbocycles. The molecule has 0 radical (unpaired) electrons. The van der Waals surface area contributed by atoms with Crippen LogP contribution in [0.1, 0.15) is 36.8 Å². The molecule has 1 aromatic rings. The Labute approximate surface area is 94.5 Å². The summed E-state index contributed by atoms with van der Waals surface area (Å²) in [6.07, 6.45) is 2.51. The first kappa shape index (κ1) is 9.85. The van der Waals surface area contributed by atoms with Crippen molar-refractivity contribution < 1.29 is 9.90 Å². The quantitative estimate of drug-likeness (QED) is 0.793. The maximum Gasteiger partial charge on any atom is 0.231 e. The van der Waals surface area contributed by atoms with Gasteiger partial charge in [0.05, 0.1) is 11.5 Å². The molecule has 16 heavy (non-hydrogen) atoms. The molecule has 1 heterocycles. The number of carbonyl (C=O) groups excluding carboxylic acids is 1. The van der Waals surface area contributed by atoms with Gasteiger partial charge in [-0.2, -0.15) is 0 Å². The number of carbonyl (C=O) groups is 1. The van der Waals surface area contributed by atoms with E-state index in [1.807, 2.05) is 25.1 Å². The Morgan fingerprint density at radius 3 is 2.94 bits per heavy atom. The predicted molar refractivity (Wildman–Crippen MR) is 61.4 cm³/mol. The lowest BCUT2D eigenvalue weighted by Crippen LogP contribution is -2.10. The van der Waals surface area contributed by atoms with E-state index in [1.165, 1.54) is 0 Å². The molecule has 2 N–H and O–H groups in total. The molecule has 1 amide bonds. The van der Waals surface area contributed by atoms with E-state index in [1.54, 1.807) is 0 Å². The van der Waals surface area contributed by atoms with Crippen LogP contribution in [-0.2, 0) is 11.2 Å². The Hall–Kier alpha value is -1.35. The second-order valence-electron chi connectivity index (χ2n) is 5.03. The maximum atomic E-state index is 11.5. The van der Waals surface area contributed by atoms with Gasteiger partial charge in [-0.1, -0.05) is 12.1 Å². The van der Waals surface area contributed by atoms with Gasteiger partial charge in [0.2, 0.25) is 5.91 Å². The summed E-state index contributed by atoms with van der Waals surface area (Å²) in [5, 5.41) is 12.7. The average molecular weight is 217 g/mol. The number of nitrogens with one attached hydrogen (secondary N) is 1. The molecule has 0 aromatic heterocycles. The van der Waals surface area contributed by atoms with Crippen LogP contribution < -0.4 is 5.32 Å². The minimum Gasteiger partial charge on any atom is -0.390 e. The zero-order chi connectivity index (χ0) is 11.3. The van der Waals surface area contributed by atoms with Crippen LogP contribution in [-0.4, -0.2) is 16.6 Å². The third-order valence-corrected chi connectivity index (χ3v) is 3.59. The Morgan fingerprint density at radius 1 is 1.50 bits per heavy atom. The first-order valence-electron chi connectivity index (χ1n) is 5.73. The van der Waals surface area contributed by atoms with Crippen molar-refractivity contribution in [3.05, 3.63) is 29.3 Å². The fraction of sp³-hybridized carbons (Fsp3) is 0.462. The number of hydrogen-bond acceptors (Lipinski definition) is 2. The minimum absolute atomic E-state index is 0.0659. The Kier molecular flexibility index (Phi) is 1.89. The van der Waals surface area contributed by atoms with Crippen molar-refractivity contribution in [1.82, 2.24) is 0 Å². The van der Waals surface area contributed by atoms with Gasteiger partial charge in [0, 0.05) is 12.1 Å². The van der Waals surface area contributed by atoms with Gasteiger partial charge in [-0.05, 0) is 37.0 Å². The number of amides is 1. The first-order valence-corrected chi connectivity index (χ1v) is 5.73. The molecule has 1 saturated carbocycles. The second-order valence-corrected chi connectivity index (χ2v) is 5.03. The van der Waals surface area contributed by atoms with E-state index in [4.69, 9.17) is 0 Å². The average Bonchev–Trinajstić information content (AvgIpc) is 2.90. The standard InChI is InChI=1S/C13H15NO2/c1-8-10-6-9(7-13(16)4-5-13)2-3-11(10)14-12(8)15/h2-3,6,8,16H,4-5,7H2,1H3,(H,14,15). The lowest BCUT2D eigenvalue weighted by molar-refractivity contribution is -0.116. The molecule has 1 aromatic carbocycles. The number of fused-ring (bicyclic) bond motifs is 1. The molecule has 3 heteroatoms. The number of aliphatic hydroxyl groups is 1. The van der Waals surface area contributed by atoms with Crippen molar-refractivity contribution in [2.24, 2.45) is 0 Å². The van der Waals surface area contributed by atoms with Crippen molar-refractivity contribution in [2.75, 3.05) is 5.32 Å². The molecule has 0 saturated heterocycles.